The van der Waals surface area contributed by atoms with E-state index in [0.717, 1.165) is 43.1 Å². The summed E-state index contributed by atoms with van der Waals surface area (Å²) in [5.74, 6) is -0.0387. The molecule has 0 bridgehead atoms. The van der Waals surface area contributed by atoms with Crippen molar-refractivity contribution in [1.82, 2.24) is 4.98 Å². The largest absolute Gasteiger partial charge is 0.299 e. The fourth-order valence-corrected chi connectivity index (χ4v) is 3.93. The molecule has 104 valence electrons. The Balaban J connectivity index is 2.64. The molecule has 4 heteroatoms. The minimum Gasteiger partial charge on any atom is -0.299 e. The molecule has 1 fully saturated rings. The van der Waals surface area contributed by atoms with Crippen LogP contribution < -0.4 is 0 Å². The van der Waals surface area contributed by atoms with Gasteiger partial charge in [0, 0.05) is 23.7 Å². The monoisotopic (exact) mass is 303 g/mol. The number of pyridine rings is 1. The molecule has 1 aromatic heterocycles. The number of rotatable bonds is 5. The molecule has 0 radical (unpaired) electrons. The van der Waals surface area contributed by atoms with E-state index >= 15 is 0 Å². The number of nitrogens with zero attached hydrogens (tertiary/aromatic N) is 1. The molecule has 0 saturated heterocycles. The minimum absolute atomic E-state index is 0.0387. The van der Waals surface area contributed by atoms with Crippen molar-refractivity contribution in [3.8, 4) is 0 Å². The molecule has 2 rings (SSSR count). The first-order chi connectivity index (χ1) is 9.79. The lowest BCUT2D eigenvalue weighted by Crippen LogP contribution is -2.41. The zero-order valence-electron chi connectivity index (χ0n) is 11.2. The highest BCUT2D eigenvalue weighted by atomic mass is 32.1. The minimum atomic E-state index is -0.295. The molecule has 0 aromatic carbocycles. The van der Waals surface area contributed by atoms with E-state index in [1.54, 1.807) is 23.0 Å². The summed E-state index contributed by atoms with van der Waals surface area (Å²) in [4.78, 5) is 15.3. The van der Waals surface area contributed by atoms with Gasteiger partial charge in [0.1, 0.15) is 6.29 Å². The third-order valence-corrected chi connectivity index (χ3v) is 4.73. The van der Waals surface area contributed by atoms with Crippen molar-refractivity contribution in [3.05, 3.63) is 41.7 Å². The van der Waals surface area contributed by atoms with Crippen LogP contribution in [-0.4, -0.2) is 22.0 Å². The van der Waals surface area contributed by atoms with Crippen molar-refractivity contribution in [2.75, 3.05) is 0 Å². The number of allylic oxidation sites excluding steroid dienone is 2. The Morgan fingerprint density at radius 3 is 2.70 bits per heavy atom. The van der Waals surface area contributed by atoms with Gasteiger partial charge in [0.05, 0.1) is 0 Å². The van der Waals surface area contributed by atoms with E-state index in [9.17, 15) is 4.79 Å². The molecule has 1 atom stereocenters. The molecule has 1 heterocycles. The fraction of sp³-hybridized carbons (Fsp3) is 0.375. The first-order valence-corrected chi connectivity index (χ1v) is 7.69. The Hall–Kier alpha value is -1.26. The summed E-state index contributed by atoms with van der Waals surface area (Å²) < 4.78 is 0. The van der Waals surface area contributed by atoms with Crippen molar-refractivity contribution >= 4 is 41.5 Å². The number of thiocarbonyl (C=S) groups is 2. The van der Waals surface area contributed by atoms with Crippen molar-refractivity contribution < 1.29 is 4.79 Å². The normalized spacial score (nSPS) is 24.6. The number of aldehydes is 1. The van der Waals surface area contributed by atoms with Crippen molar-refractivity contribution in [2.24, 2.45) is 5.92 Å². The third kappa shape index (κ3) is 2.63. The third-order valence-electron chi connectivity index (χ3n) is 4.15. The predicted octanol–water partition coefficient (Wildman–Crippen LogP) is 3.63. The van der Waals surface area contributed by atoms with E-state index < -0.39 is 0 Å². The number of hydrogen-bond donors (Lipinski definition) is 0. The number of carbonyl (C=O) groups excluding carboxylic acids is 1. The SMILES string of the molecule is O=CC=C1CCCCC1(c1cccnc1)C(C=S)C=S. The summed E-state index contributed by atoms with van der Waals surface area (Å²) >= 11 is 10.4. The van der Waals surface area contributed by atoms with Gasteiger partial charge >= 0.3 is 0 Å². The summed E-state index contributed by atoms with van der Waals surface area (Å²) in [5.41, 5.74) is 1.93. The molecule has 1 aliphatic carbocycles. The summed E-state index contributed by atoms with van der Waals surface area (Å²) in [7, 11) is 0. The summed E-state index contributed by atoms with van der Waals surface area (Å²) in [5, 5.41) is 3.45. The van der Waals surface area contributed by atoms with Crippen LogP contribution in [0.5, 0.6) is 0 Å². The standard InChI is InChI=1S/C16H17NOS2/c18-9-6-13-4-1-2-7-16(13,15(11-19)12-20)14-5-3-8-17-10-14/h3,5-6,8-12,15H,1-2,4,7H2. The molecule has 20 heavy (non-hydrogen) atoms. The zero-order valence-corrected chi connectivity index (χ0v) is 12.8. The van der Waals surface area contributed by atoms with Crippen LogP contribution in [0, 0.1) is 5.92 Å². The van der Waals surface area contributed by atoms with Crippen LogP contribution in [0.3, 0.4) is 0 Å². The Bertz CT molecular complexity index is 519. The molecule has 0 N–H and O–H groups in total. The molecule has 2 nitrogen and oxygen atoms in total. The first-order valence-electron chi connectivity index (χ1n) is 6.75. The van der Waals surface area contributed by atoms with Crippen LogP contribution in [0.1, 0.15) is 31.2 Å². The predicted molar refractivity (Wildman–Crippen MR) is 89.3 cm³/mol. The molecule has 0 amide bonds. The molecular weight excluding hydrogens is 286 g/mol. The van der Waals surface area contributed by atoms with Crippen LogP contribution in [0.2, 0.25) is 0 Å². The highest BCUT2D eigenvalue weighted by Crippen LogP contribution is 2.47. The van der Waals surface area contributed by atoms with Gasteiger partial charge < -0.3 is 0 Å². The maximum Gasteiger partial charge on any atom is 0.142 e. The topological polar surface area (TPSA) is 30.0 Å². The molecule has 0 spiro atoms. The summed E-state index contributed by atoms with van der Waals surface area (Å²) in [6.45, 7) is 0. The number of hydrogen-bond acceptors (Lipinski definition) is 4. The van der Waals surface area contributed by atoms with E-state index in [0.29, 0.717) is 0 Å². The van der Waals surface area contributed by atoms with Gasteiger partial charge in [0.25, 0.3) is 0 Å². The Labute approximate surface area is 130 Å². The average molecular weight is 303 g/mol. The van der Waals surface area contributed by atoms with Crippen LogP contribution in [-0.2, 0) is 10.2 Å². The quantitative estimate of drug-likeness (QED) is 0.472. The molecule has 0 aliphatic heterocycles. The zero-order chi connectivity index (χ0) is 14.4. The van der Waals surface area contributed by atoms with Crippen molar-refractivity contribution in [1.29, 1.82) is 0 Å². The van der Waals surface area contributed by atoms with E-state index in [-0.39, 0.29) is 11.3 Å². The Morgan fingerprint density at radius 1 is 1.30 bits per heavy atom. The molecule has 1 unspecified atom stereocenters. The number of carbonyl (C=O) groups is 1. The van der Waals surface area contributed by atoms with Crippen LogP contribution in [0.25, 0.3) is 0 Å². The van der Waals surface area contributed by atoms with Gasteiger partial charge in [-0.25, -0.2) is 0 Å². The van der Waals surface area contributed by atoms with Gasteiger partial charge in [0.2, 0.25) is 0 Å². The van der Waals surface area contributed by atoms with Gasteiger partial charge in [-0.15, -0.1) is 0 Å². The van der Waals surface area contributed by atoms with E-state index in [1.165, 1.54) is 0 Å². The smallest absolute Gasteiger partial charge is 0.142 e. The van der Waals surface area contributed by atoms with E-state index in [1.807, 2.05) is 12.3 Å². The van der Waals surface area contributed by atoms with Crippen LogP contribution in [0.15, 0.2) is 36.2 Å². The fourth-order valence-electron chi connectivity index (χ4n) is 3.21. The molecule has 1 aliphatic rings. The lowest BCUT2D eigenvalue weighted by atomic mass is 9.60. The maximum absolute atomic E-state index is 11.0. The highest BCUT2D eigenvalue weighted by molar-refractivity contribution is 7.80. The second-order valence-electron chi connectivity index (χ2n) is 5.05. The molecular formula is C16H17NOS2. The van der Waals surface area contributed by atoms with E-state index in [2.05, 4.69) is 11.1 Å². The lowest BCUT2D eigenvalue weighted by Gasteiger charge is -2.43. The second kappa shape index (κ2) is 6.95. The van der Waals surface area contributed by atoms with Crippen LogP contribution >= 0.6 is 24.4 Å². The van der Waals surface area contributed by atoms with Gasteiger partial charge in [0.15, 0.2) is 0 Å². The van der Waals surface area contributed by atoms with Crippen molar-refractivity contribution in [3.63, 3.8) is 0 Å². The average Bonchev–Trinajstić information content (AvgIpc) is 2.51. The number of aromatic nitrogens is 1. The first kappa shape index (κ1) is 15.1. The Morgan fingerprint density at radius 2 is 2.10 bits per heavy atom. The van der Waals surface area contributed by atoms with Gasteiger partial charge in [-0.3, -0.25) is 9.78 Å². The van der Waals surface area contributed by atoms with Crippen molar-refractivity contribution in [2.45, 2.75) is 31.1 Å². The maximum atomic E-state index is 11.0. The van der Waals surface area contributed by atoms with Gasteiger partial charge in [-0.2, -0.15) is 0 Å². The highest BCUT2D eigenvalue weighted by Gasteiger charge is 2.43. The summed E-state index contributed by atoms with van der Waals surface area (Å²) in [6, 6.07) is 3.98. The van der Waals surface area contributed by atoms with Gasteiger partial charge in [-0.05, 0) is 47.7 Å². The second-order valence-corrected chi connectivity index (χ2v) is 5.59. The lowest BCUT2D eigenvalue weighted by molar-refractivity contribution is -0.104. The molecule has 1 saturated carbocycles. The summed E-state index contributed by atoms with van der Waals surface area (Å²) in [6.07, 6.45) is 10.3. The Kier molecular flexibility index (Phi) is 5.26. The molecule has 1 aromatic rings. The van der Waals surface area contributed by atoms with E-state index in [4.69, 9.17) is 24.4 Å². The van der Waals surface area contributed by atoms with Gasteiger partial charge in [-0.1, -0.05) is 42.5 Å². The van der Waals surface area contributed by atoms with Crippen LogP contribution in [0.4, 0.5) is 0 Å².